The van der Waals surface area contributed by atoms with Gasteiger partial charge in [-0.15, -0.1) is 0 Å². The highest BCUT2D eigenvalue weighted by molar-refractivity contribution is 8.08. The Morgan fingerprint density at radius 1 is 1.67 bits per heavy atom. The summed E-state index contributed by atoms with van der Waals surface area (Å²) in [6.07, 6.45) is 0.263. The molecule has 0 aromatic carbocycles. The van der Waals surface area contributed by atoms with Gasteiger partial charge in [0.1, 0.15) is 14.0 Å². The summed E-state index contributed by atoms with van der Waals surface area (Å²) in [7, 11) is 7.19. The Hall–Kier alpha value is 0.555. The van der Waals surface area contributed by atoms with Crippen LogP contribution in [-0.4, -0.2) is 45.9 Å². The number of methoxy groups -OCH3 is 1. The molecule has 0 aliphatic carbocycles. The van der Waals surface area contributed by atoms with Crippen LogP contribution in [0.2, 0.25) is 0 Å². The lowest BCUT2D eigenvalue weighted by Gasteiger charge is -2.31. The third-order valence-corrected chi connectivity index (χ3v) is 4.64. The van der Waals surface area contributed by atoms with Gasteiger partial charge >= 0.3 is 0 Å². The van der Waals surface area contributed by atoms with Crippen molar-refractivity contribution in [3.63, 3.8) is 0 Å². The Morgan fingerprint density at radius 2 is 2.33 bits per heavy atom. The summed E-state index contributed by atoms with van der Waals surface area (Å²) in [5.41, 5.74) is 0. The molecule has 0 saturated carbocycles. The molecular weight excluding hydrogens is 234 g/mol. The van der Waals surface area contributed by atoms with E-state index in [1.165, 1.54) is 0 Å². The van der Waals surface area contributed by atoms with Crippen LogP contribution < -0.4 is 4.89 Å². The zero-order valence-electron chi connectivity index (χ0n) is 8.92. The minimum absolute atomic E-state index is 0.271. The molecule has 0 bridgehead atoms. The lowest BCUT2D eigenvalue weighted by molar-refractivity contribution is -0.188. The molecule has 1 unspecified atom stereocenters. The molecule has 86 valence electrons. The van der Waals surface area contributed by atoms with Crippen LogP contribution in [0.15, 0.2) is 0 Å². The molecule has 4 atom stereocenters. The number of ether oxygens (including phenoxy) is 2. The van der Waals surface area contributed by atoms with Crippen LogP contribution in [0.4, 0.5) is 0 Å². The van der Waals surface area contributed by atoms with E-state index in [0.29, 0.717) is 19.2 Å². The van der Waals surface area contributed by atoms with Gasteiger partial charge in [0.05, 0.1) is 12.7 Å². The lowest BCUT2D eigenvalue weighted by Crippen LogP contribution is -2.29. The van der Waals surface area contributed by atoms with E-state index in [1.54, 1.807) is 14.0 Å². The quantitative estimate of drug-likeness (QED) is 0.506. The summed E-state index contributed by atoms with van der Waals surface area (Å²) >= 11 is 4.85. The molecule has 1 heterocycles. The van der Waals surface area contributed by atoms with E-state index in [2.05, 4.69) is 0 Å². The fraction of sp³-hybridized carbons (Fsp3) is 1.00. The Morgan fingerprint density at radius 3 is 2.87 bits per heavy atom. The zero-order valence-corrected chi connectivity index (χ0v) is 10.6. The van der Waals surface area contributed by atoms with Gasteiger partial charge in [-0.05, 0) is 19.1 Å². The second kappa shape index (κ2) is 5.76. The molecule has 1 rings (SSSR count). The van der Waals surface area contributed by atoms with Gasteiger partial charge in [0.2, 0.25) is 0 Å². The predicted molar refractivity (Wildman–Crippen MR) is 60.6 cm³/mol. The van der Waals surface area contributed by atoms with Gasteiger partial charge in [0.15, 0.2) is 0 Å². The van der Waals surface area contributed by atoms with Crippen molar-refractivity contribution in [3.8, 4) is 0 Å². The van der Waals surface area contributed by atoms with E-state index in [0.717, 1.165) is 0 Å². The summed E-state index contributed by atoms with van der Waals surface area (Å²) in [4.78, 5) is 11.7. The lowest BCUT2D eigenvalue weighted by atomic mass is 9.96. The second-order valence-electron chi connectivity index (χ2n) is 3.48. The Bertz CT molecular complexity index is 253. The maximum Gasteiger partial charge on any atom is 0.109 e. The van der Waals surface area contributed by atoms with Gasteiger partial charge in [-0.3, -0.25) is 0 Å². The highest BCUT2D eigenvalue weighted by Crippen LogP contribution is 2.41. The Labute approximate surface area is 96.9 Å². The largest absolute Gasteiger partial charge is 0.801 e. The third kappa shape index (κ3) is 4.13. The van der Waals surface area contributed by atoms with Crippen LogP contribution in [0.3, 0.4) is 0 Å². The Kier molecular flexibility index (Phi) is 5.23. The minimum atomic E-state index is -2.92. The standard InChI is InChI=1S/C8H16BO4PS/c1-3-14(10,15)13-6-4-8(9)12-7(6)5-11-2/h6-8H,3-5H2,1-2H3,(H,10,15)/p-1/t6-,7-,8-,14?/m1/s1. The summed E-state index contributed by atoms with van der Waals surface area (Å²) in [6.45, 7) is -0.801. The van der Waals surface area contributed by atoms with Gasteiger partial charge in [0, 0.05) is 13.1 Å². The van der Waals surface area contributed by atoms with Gasteiger partial charge in [-0.2, -0.15) is 0 Å². The van der Waals surface area contributed by atoms with Crippen LogP contribution in [0.25, 0.3) is 0 Å². The van der Waals surface area contributed by atoms with E-state index < -0.39 is 6.49 Å². The molecule has 0 aromatic rings. The van der Waals surface area contributed by atoms with Crippen molar-refractivity contribution < 1.29 is 18.9 Å². The average molecular weight is 249 g/mol. The van der Waals surface area contributed by atoms with Gasteiger partial charge < -0.3 is 18.9 Å². The summed E-state index contributed by atoms with van der Waals surface area (Å²) < 4.78 is 15.7. The molecule has 15 heavy (non-hydrogen) atoms. The molecule has 1 fully saturated rings. The van der Waals surface area contributed by atoms with Crippen LogP contribution in [0.5, 0.6) is 0 Å². The molecule has 1 aliphatic heterocycles. The zero-order chi connectivity index (χ0) is 11.5. The van der Waals surface area contributed by atoms with Gasteiger partial charge in [0.25, 0.3) is 0 Å². The fourth-order valence-electron chi connectivity index (χ4n) is 1.45. The SMILES string of the molecule is [B][C@H]1C[C@@H](OP([O-])(=S)CC)[C@@H](COC)O1. The van der Waals surface area contributed by atoms with Crippen molar-refractivity contribution in [3.05, 3.63) is 0 Å². The van der Waals surface area contributed by atoms with E-state index in [1.807, 2.05) is 0 Å². The third-order valence-electron chi connectivity index (χ3n) is 2.24. The summed E-state index contributed by atoms with van der Waals surface area (Å²) in [6, 6.07) is -0.387. The van der Waals surface area contributed by atoms with Gasteiger partial charge in [-0.25, -0.2) is 0 Å². The molecule has 0 amide bonds. The molecule has 0 N–H and O–H groups in total. The van der Waals surface area contributed by atoms with Crippen molar-refractivity contribution in [2.75, 3.05) is 19.9 Å². The number of hydrogen-bond donors (Lipinski definition) is 0. The minimum Gasteiger partial charge on any atom is -0.801 e. The first-order valence-electron chi connectivity index (χ1n) is 4.87. The summed E-state index contributed by atoms with van der Waals surface area (Å²) in [5, 5.41) is 0. The predicted octanol–water partition coefficient (Wildman–Crippen LogP) is -0.00880. The topological polar surface area (TPSA) is 50.8 Å². The average Bonchev–Trinajstić information content (AvgIpc) is 2.47. The molecule has 1 saturated heterocycles. The van der Waals surface area contributed by atoms with E-state index >= 15 is 0 Å². The molecule has 0 aromatic heterocycles. The smallest absolute Gasteiger partial charge is 0.109 e. The number of hydrogen-bond acceptors (Lipinski definition) is 5. The second-order valence-corrected chi connectivity index (χ2v) is 7.21. The van der Waals surface area contributed by atoms with Crippen molar-refractivity contribution >= 4 is 26.1 Å². The van der Waals surface area contributed by atoms with Crippen LogP contribution in [0.1, 0.15) is 13.3 Å². The van der Waals surface area contributed by atoms with Crippen LogP contribution in [-0.2, 0) is 25.8 Å². The van der Waals surface area contributed by atoms with Crippen molar-refractivity contribution in [2.24, 2.45) is 0 Å². The van der Waals surface area contributed by atoms with E-state index in [4.69, 9.17) is 33.7 Å². The normalized spacial score (nSPS) is 35.3. The first kappa shape index (κ1) is 13.6. The van der Waals surface area contributed by atoms with E-state index in [9.17, 15) is 4.89 Å². The molecule has 1 aliphatic rings. The first-order chi connectivity index (χ1) is 6.98. The molecule has 4 nitrogen and oxygen atoms in total. The summed E-state index contributed by atoms with van der Waals surface area (Å²) in [5.74, 6) is 0. The van der Waals surface area contributed by atoms with Crippen molar-refractivity contribution in [1.82, 2.24) is 0 Å². The first-order valence-corrected chi connectivity index (χ1v) is 7.69. The maximum atomic E-state index is 11.7. The van der Waals surface area contributed by atoms with Gasteiger partial charge in [-0.1, -0.05) is 18.7 Å². The Balaban J connectivity index is 2.55. The molecule has 7 heteroatoms. The van der Waals surface area contributed by atoms with Crippen LogP contribution >= 0.6 is 6.49 Å². The highest BCUT2D eigenvalue weighted by Gasteiger charge is 2.34. The number of rotatable bonds is 5. The fourth-order valence-corrected chi connectivity index (χ4v) is 2.57. The monoisotopic (exact) mass is 249 g/mol. The van der Waals surface area contributed by atoms with Crippen LogP contribution in [0, 0.1) is 0 Å². The molecule has 2 radical (unpaired) electrons. The van der Waals surface area contributed by atoms with Crippen molar-refractivity contribution in [2.45, 2.75) is 31.6 Å². The maximum absolute atomic E-state index is 11.7. The molecule has 0 spiro atoms. The van der Waals surface area contributed by atoms with Crippen molar-refractivity contribution in [1.29, 1.82) is 0 Å². The highest BCUT2D eigenvalue weighted by atomic mass is 32.5. The molecular formula is C8H15BO4PS-. The van der Waals surface area contributed by atoms with E-state index in [-0.39, 0.29) is 18.2 Å².